The highest BCUT2D eigenvalue weighted by atomic mass is 16.5. The summed E-state index contributed by atoms with van der Waals surface area (Å²) in [5.74, 6) is 0.000217. The third-order valence-electron chi connectivity index (χ3n) is 2.77. The van der Waals surface area contributed by atoms with Gasteiger partial charge in [0.25, 0.3) is 0 Å². The third-order valence-corrected chi connectivity index (χ3v) is 2.77. The van der Waals surface area contributed by atoms with Crippen LogP contribution in [-0.4, -0.2) is 19.0 Å². The van der Waals surface area contributed by atoms with Crippen molar-refractivity contribution in [3.63, 3.8) is 0 Å². The molecule has 0 saturated heterocycles. The average Bonchev–Trinajstić information content (AvgIpc) is 2.54. The summed E-state index contributed by atoms with van der Waals surface area (Å²) in [5.41, 5.74) is 1.41. The van der Waals surface area contributed by atoms with Crippen LogP contribution in [0.5, 0.6) is 5.75 Å². The maximum absolute atomic E-state index is 11.6. The summed E-state index contributed by atoms with van der Waals surface area (Å²) in [4.78, 5) is 11.6. The standard InChI is InChI=1S/C17H15NO3/c1-20-15-10-7-13(8-11-15)9-12-16(19)21-17(18)14-5-3-2-4-6-14/h2-12,18H,1H3/b12-9+,18-17?. The zero-order chi connectivity index (χ0) is 15.1. The maximum atomic E-state index is 11.6. The minimum atomic E-state index is -0.584. The van der Waals surface area contributed by atoms with Crippen LogP contribution in [0.3, 0.4) is 0 Å². The quantitative estimate of drug-likeness (QED) is 0.405. The number of ether oxygens (including phenoxy) is 2. The predicted molar refractivity (Wildman–Crippen MR) is 81.4 cm³/mol. The van der Waals surface area contributed by atoms with E-state index in [1.54, 1.807) is 49.6 Å². The Morgan fingerprint density at radius 1 is 1.05 bits per heavy atom. The van der Waals surface area contributed by atoms with Crippen molar-refractivity contribution < 1.29 is 14.3 Å². The first-order valence-corrected chi connectivity index (χ1v) is 6.37. The van der Waals surface area contributed by atoms with E-state index in [2.05, 4.69) is 0 Å². The molecule has 0 amide bonds. The summed E-state index contributed by atoms with van der Waals surface area (Å²) in [6.45, 7) is 0. The molecule has 0 aliphatic carbocycles. The first kappa shape index (κ1) is 14.5. The van der Waals surface area contributed by atoms with Crippen LogP contribution in [0, 0.1) is 5.41 Å². The molecule has 2 rings (SSSR count). The molecule has 1 N–H and O–H groups in total. The molecule has 0 spiro atoms. The molecular weight excluding hydrogens is 266 g/mol. The molecule has 4 heteroatoms. The smallest absolute Gasteiger partial charge is 0.337 e. The molecule has 2 aromatic rings. The molecule has 0 unspecified atom stereocenters. The Bertz CT molecular complexity index is 645. The van der Waals surface area contributed by atoms with Crippen LogP contribution in [0.1, 0.15) is 11.1 Å². The highest BCUT2D eigenvalue weighted by Crippen LogP contribution is 2.12. The molecule has 0 fully saturated rings. The van der Waals surface area contributed by atoms with Crippen molar-refractivity contribution in [3.05, 3.63) is 71.8 Å². The van der Waals surface area contributed by atoms with Crippen molar-refractivity contribution in [1.82, 2.24) is 0 Å². The number of benzene rings is 2. The second-order valence-electron chi connectivity index (χ2n) is 4.22. The van der Waals surface area contributed by atoms with E-state index in [9.17, 15) is 4.79 Å². The number of carbonyl (C=O) groups is 1. The maximum Gasteiger partial charge on any atom is 0.337 e. The first-order chi connectivity index (χ1) is 10.2. The Hall–Kier alpha value is -2.88. The van der Waals surface area contributed by atoms with Gasteiger partial charge in [0.05, 0.1) is 7.11 Å². The lowest BCUT2D eigenvalue weighted by molar-refractivity contribution is -0.129. The Balaban J connectivity index is 1.94. The fourth-order valence-electron chi connectivity index (χ4n) is 1.66. The lowest BCUT2D eigenvalue weighted by Crippen LogP contribution is -2.10. The van der Waals surface area contributed by atoms with Gasteiger partial charge in [-0.25, -0.2) is 4.79 Å². The Morgan fingerprint density at radius 3 is 2.33 bits per heavy atom. The molecule has 0 aliphatic rings. The summed E-state index contributed by atoms with van der Waals surface area (Å²) in [5, 5.41) is 7.70. The number of esters is 1. The zero-order valence-electron chi connectivity index (χ0n) is 11.6. The van der Waals surface area contributed by atoms with E-state index in [4.69, 9.17) is 14.9 Å². The number of nitrogens with one attached hydrogen (secondary N) is 1. The van der Waals surface area contributed by atoms with Crippen LogP contribution >= 0.6 is 0 Å². The van der Waals surface area contributed by atoms with Crippen LogP contribution < -0.4 is 4.74 Å². The van der Waals surface area contributed by atoms with Gasteiger partial charge in [0, 0.05) is 11.6 Å². The fraction of sp³-hybridized carbons (Fsp3) is 0.0588. The van der Waals surface area contributed by atoms with Crippen LogP contribution in [0.15, 0.2) is 60.7 Å². The van der Waals surface area contributed by atoms with Gasteiger partial charge in [0.15, 0.2) is 0 Å². The lowest BCUT2D eigenvalue weighted by Gasteiger charge is -2.03. The van der Waals surface area contributed by atoms with E-state index in [1.807, 2.05) is 18.2 Å². The molecule has 106 valence electrons. The topological polar surface area (TPSA) is 59.4 Å². The molecule has 0 atom stereocenters. The van der Waals surface area contributed by atoms with Crippen molar-refractivity contribution >= 4 is 17.9 Å². The Kier molecular flexibility index (Phi) is 4.88. The van der Waals surface area contributed by atoms with Gasteiger partial charge in [-0.1, -0.05) is 30.3 Å². The SMILES string of the molecule is COc1ccc(/C=C/C(=O)OC(=N)c2ccccc2)cc1. The van der Waals surface area contributed by atoms with E-state index in [0.29, 0.717) is 5.56 Å². The second kappa shape index (κ2) is 7.05. The van der Waals surface area contributed by atoms with Gasteiger partial charge < -0.3 is 9.47 Å². The lowest BCUT2D eigenvalue weighted by atomic mass is 10.2. The van der Waals surface area contributed by atoms with Gasteiger partial charge in [-0.05, 0) is 35.9 Å². The monoisotopic (exact) mass is 281 g/mol. The summed E-state index contributed by atoms with van der Waals surface area (Å²) >= 11 is 0. The van der Waals surface area contributed by atoms with Gasteiger partial charge in [-0.3, -0.25) is 5.41 Å². The summed E-state index contributed by atoms with van der Waals surface area (Å²) in [7, 11) is 1.59. The molecular formula is C17H15NO3. The number of methoxy groups -OCH3 is 1. The molecule has 4 nitrogen and oxygen atoms in total. The molecule has 0 aromatic heterocycles. The number of carbonyl (C=O) groups excluding carboxylic acids is 1. The molecule has 0 saturated carbocycles. The summed E-state index contributed by atoms with van der Waals surface area (Å²) < 4.78 is 9.99. The largest absolute Gasteiger partial charge is 0.497 e. The summed E-state index contributed by atoms with van der Waals surface area (Å²) in [6, 6.07) is 16.1. The van der Waals surface area contributed by atoms with E-state index in [0.717, 1.165) is 11.3 Å². The van der Waals surface area contributed by atoms with Gasteiger partial charge in [0.2, 0.25) is 5.90 Å². The minimum Gasteiger partial charge on any atom is -0.497 e. The van der Waals surface area contributed by atoms with E-state index < -0.39 is 5.97 Å². The van der Waals surface area contributed by atoms with Gasteiger partial charge in [-0.2, -0.15) is 0 Å². The number of rotatable bonds is 4. The van der Waals surface area contributed by atoms with Crippen LogP contribution in [0.25, 0.3) is 6.08 Å². The van der Waals surface area contributed by atoms with Gasteiger partial charge in [0.1, 0.15) is 5.75 Å². The molecule has 21 heavy (non-hydrogen) atoms. The third kappa shape index (κ3) is 4.31. The van der Waals surface area contributed by atoms with Crippen LogP contribution in [0.4, 0.5) is 0 Å². The van der Waals surface area contributed by atoms with E-state index >= 15 is 0 Å². The van der Waals surface area contributed by atoms with Crippen molar-refractivity contribution in [2.24, 2.45) is 0 Å². The van der Waals surface area contributed by atoms with Crippen molar-refractivity contribution in [2.45, 2.75) is 0 Å². The molecule has 0 aliphatic heterocycles. The molecule has 0 radical (unpaired) electrons. The summed E-state index contributed by atoms with van der Waals surface area (Å²) in [6.07, 6.45) is 2.92. The van der Waals surface area contributed by atoms with Crippen LogP contribution in [-0.2, 0) is 9.53 Å². The minimum absolute atomic E-state index is 0.167. The highest BCUT2D eigenvalue weighted by molar-refractivity contribution is 6.02. The predicted octanol–water partition coefficient (Wildman–Crippen LogP) is 3.28. The molecule has 0 bridgehead atoms. The van der Waals surface area contributed by atoms with Gasteiger partial charge >= 0.3 is 5.97 Å². The van der Waals surface area contributed by atoms with Crippen LogP contribution in [0.2, 0.25) is 0 Å². The molecule has 0 heterocycles. The number of hydrogen-bond donors (Lipinski definition) is 1. The van der Waals surface area contributed by atoms with E-state index in [-0.39, 0.29) is 5.90 Å². The van der Waals surface area contributed by atoms with Crippen molar-refractivity contribution in [2.75, 3.05) is 7.11 Å². The highest BCUT2D eigenvalue weighted by Gasteiger charge is 2.05. The second-order valence-corrected chi connectivity index (χ2v) is 4.22. The van der Waals surface area contributed by atoms with Crippen molar-refractivity contribution in [3.8, 4) is 5.75 Å². The first-order valence-electron chi connectivity index (χ1n) is 6.37. The number of hydrogen-bond acceptors (Lipinski definition) is 4. The average molecular weight is 281 g/mol. The Morgan fingerprint density at radius 2 is 1.71 bits per heavy atom. The van der Waals surface area contributed by atoms with Gasteiger partial charge in [-0.15, -0.1) is 0 Å². The molecule has 2 aromatic carbocycles. The fourth-order valence-corrected chi connectivity index (χ4v) is 1.66. The Labute approximate surface area is 123 Å². The zero-order valence-corrected chi connectivity index (χ0v) is 11.6. The van der Waals surface area contributed by atoms with Crippen molar-refractivity contribution in [1.29, 1.82) is 5.41 Å². The van der Waals surface area contributed by atoms with E-state index in [1.165, 1.54) is 6.08 Å². The normalized spacial score (nSPS) is 10.3.